The lowest BCUT2D eigenvalue weighted by molar-refractivity contribution is 0.593. The van der Waals surface area contributed by atoms with Crippen LogP contribution in [0.5, 0.6) is 0 Å². The third-order valence-electron chi connectivity index (χ3n) is 4.93. The standard InChI is InChI=1S/C24H21NO2S/c1-18-12-14-22(15-13-18)28(26,27)25-17-21(23-10-6-7-11-24(23)25)16-19(2)20-8-4-3-5-9-20/h3-16H,2,17H2,1H3/b21-16-. The van der Waals surface area contributed by atoms with Gasteiger partial charge in [0, 0.05) is 5.56 Å². The van der Waals surface area contributed by atoms with Crippen molar-refractivity contribution in [2.24, 2.45) is 0 Å². The van der Waals surface area contributed by atoms with E-state index in [0.717, 1.165) is 27.8 Å². The minimum absolute atomic E-state index is 0.293. The van der Waals surface area contributed by atoms with E-state index in [1.165, 1.54) is 4.31 Å². The van der Waals surface area contributed by atoms with Crippen molar-refractivity contribution < 1.29 is 8.42 Å². The van der Waals surface area contributed by atoms with Gasteiger partial charge >= 0.3 is 0 Å². The first-order valence-electron chi connectivity index (χ1n) is 9.10. The molecule has 3 aromatic carbocycles. The highest BCUT2D eigenvalue weighted by Crippen LogP contribution is 2.40. The summed E-state index contributed by atoms with van der Waals surface area (Å²) in [5.41, 5.74) is 5.48. The molecule has 140 valence electrons. The molecule has 0 fully saturated rings. The predicted molar refractivity (Wildman–Crippen MR) is 116 cm³/mol. The molecule has 1 aliphatic rings. The van der Waals surface area contributed by atoms with E-state index in [4.69, 9.17) is 0 Å². The molecule has 3 aromatic rings. The largest absolute Gasteiger partial charge is 0.264 e. The Kier molecular flexibility index (Phi) is 4.65. The van der Waals surface area contributed by atoms with Crippen LogP contribution >= 0.6 is 0 Å². The Morgan fingerprint density at radius 3 is 2.29 bits per heavy atom. The molecule has 0 radical (unpaired) electrons. The maximum Gasteiger partial charge on any atom is 0.264 e. The summed E-state index contributed by atoms with van der Waals surface area (Å²) in [4.78, 5) is 0.302. The molecule has 4 heteroatoms. The van der Waals surface area contributed by atoms with E-state index >= 15 is 0 Å². The lowest BCUT2D eigenvalue weighted by Gasteiger charge is -2.19. The zero-order valence-electron chi connectivity index (χ0n) is 15.7. The molecule has 3 nitrogen and oxygen atoms in total. The molecule has 0 aromatic heterocycles. The van der Waals surface area contributed by atoms with E-state index in [2.05, 4.69) is 6.58 Å². The van der Waals surface area contributed by atoms with Crippen LogP contribution in [0, 0.1) is 6.92 Å². The highest BCUT2D eigenvalue weighted by molar-refractivity contribution is 7.92. The average molecular weight is 388 g/mol. The average Bonchev–Trinajstić information content (AvgIpc) is 3.08. The van der Waals surface area contributed by atoms with Gasteiger partial charge in [0.25, 0.3) is 10.0 Å². The van der Waals surface area contributed by atoms with Crippen molar-refractivity contribution in [2.75, 3.05) is 10.8 Å². The Morgan fingerprint density at radius 1 is 0.929 bits per heavy atom. The van der Waals surface area contributed by atoms with Crippen molar-refractivity contribution in [3.8, 4) is 0 Å². The summed E-state index contributed by atoms with van der Waals surface area (Å²) in [6.45, 7) is 6.41. The van der Waals surface area contributed by atoms with Crippen LogP contribution in [0.3, 0.4) is 0 Å². The molecule has 0 saturated carbocycles. The van der Waals surface area contributed by atoms with Gasteiger partial charge in [0.05, 0.1) is 17.1 Å². The summed E-state index contributed by atoms with van der Waals surface area (Å²) in [6.07, 6.45) is 1.98. The number of nitrogens with zero attached hydrogens (tertiary/aromatic N) is 1. The lowest BCUT2D eigenvalue weighted by atomic mass is 10.0. The fourth-order valence-electron chi connectivity index (χ4n) is 3.41. The van der Waals surface area contributed by atoms with E-state index in [0.29, 0.717) is 17.1 Å². The summed E-state index contributed by atoms with van der Waals surface area (Å²) >= 11 is 0. The van der Waals surface area contributed by atoms with Gasteiger partial charge in [0.1, 0.15) is 0 Å². The molecular weight excluding hydrogens is 366 g/mol. The van der Waals surface area contributed by atoms with Gasteiger partial charge in [-0.15, -0.1) is 0 Å². The summed E-state index contributed by atoms with van der Waals surface area (Å²) in [6, 6.07) is 24.5. The third kappa shape index (κ3) is 3.27. The topological polar surface area (TPSA) is 37.4 Å². The number of hydrogen-bond acceptors (Lipinski definition) is 2. The van der Waals surface area contributed by atoms with Gasteiger partial charge in [-0.3, -0.25) is 4.31 Å². The van der Waals surface area contributed by atoms with Gasteiger partial charge in [-0.2, -0.15) is 0 Å². The van der Waals surface area contributed by atoms with E-state index in [-0.39, 0.29) is 0 Å². The van der Waals surface area contributed by atoms with Crippen LogP contribution in [-0.4, -0.2) is 15.0 Å². The number of anilines is 1. The van der Waals surface area contributed by atoms with Crippen LogP contribution in [0.15, 0.2) is 96.4 Å². The number of hydrogen-bond donors (Lipinski definition) is 0. The van der Waals surface area contributed by atoms with Crippen LogP contribution in [0.4, 0.5) is 5.69 Å². The first kappa shape index (κ1) is 18.3. The number of fused-ring (bicyclic) bond motifs is 1. The molecule has 0 saturated heterocycles. The van der Waals surface area contributed by atoms with Crippen molar-refractivity contribution in [3.05, 3.63) is 108 Å². The molecular formula is C24H21NO2S. The van der Waals surface area contributed by atoms with Crippen molar-refractivity contribution in [1.82, 2.24) is 0 Å². The number of rotatable bonds is 4. The fourth-order valence-corrected chi connectivity index (χ4v) is 4.87. The number of sulfonamides is 1. The Bertz CT molecular complexity index is 1160. The zero-order valence-corrected chi connectivity index (χ0v) is 16.5. The van der Waals surface area contributed by atoms with Crippen LogP contribution in [0.1, 0.15) is 16.7 Å². The first-order valence-corrected chi connectivity index (χ1v) is 10.5. The molecule has 0 N–H and O–H groups in total. The summed E-state index contributed by atoms with van der Waals surface area (Å²) in [7, 11) is -3.64. The maximum absolute atomic E-state index is 13.3. The van der Waals surface area contributed by atoms with Crippen molar-refractivity contribution in [3.63, 3.8) is 0 Å². The van der Waals surface area contributed by atoms with E-state index in [1.807, 2.05) is 79.7 Å². The molecule has 0 bridgehead atoms. The quantitative estimate of drug-likeness (QED) is 0.609. The molecule has 0 spiro atoms. The summed E-state index contributed by atoms with van der Waals surface area (Å²) in [5, 5.41) is 0. The number of benzene rings is 3. The van der Waals surface area contributed by atoms with Gasteiger partial charge in [-0.05, 0) is 47.9 Å². The second-order valence-corrected chi connectivity index (χ2v) is 8.77. The molecule has 0 atom stereocenters. The molecule has 28 heavy (non-hydrogen) atoms. The van der Waals surface area contributed by atoms with Gasteiger partial charge < -0.3 is 0 Å². The van der Waals surface area contributed by atoms with Crippen LogP contribution in [0.25, 0.3) is 11.1 Å². The Labute approximate surface area is 166 Å². The van der Waals surface area contributed by atoms with Gasteiger partial charge in [-0.1, -0.05) is 72.8 Å². The van der Waals surface area contributed by atoms with Crippen LogP contribution in [-0.2, 0) is 10.0 Å². The molecule has 1 heterocycles. The van der Waals surface area contributed by atoms with E-state index < -0.39 is 10.0 Å². The van der Waals surface area contributed by atoms with Crippen molar-refractivity contribution >= 4 is 26.9 Å². The molecule has 0 unspecified atom stereocenters. The maximum atomic E-state index is 13.3. The first-order chi connectivity index (χ1) is 13.5. The van der Waals surface area contributed by atoms with Crippen molar-refractivity contribution in [1.29, 1.82) is 0 Å². The molecule has 4 rings (SSSR count). The summed E-state index contributed by atoms with van der Waals surface area (Å²) < 4.78 is 28.1. The Balaban J connectivity index is 1.75. The fraction of sp³-hybridized carbons (Fsp3) is 0.0833. The van der Waals surface area contributed by atoms with Crippen LogP contribution in [0.2, 0.25) is 0 Å². The minimum Gasteiger partial charge on any atom is -0.261 e. The van der Waals surface area contributed by atoms with Gasteiger partial charge in [0.2, 0.25) is 0 Å². The second kappa shape index (κ2) is 7.13. The van der Waals surface area contributed by atoms with Crippen LogP contribution < -0.4 is 4.31 Å². The second-order valence-electron chi connectivity index (χ2n) is 6.90. The SMILES string of the molecule is C=C(/C=C1/CN(S(=O)(=O)c2ccc(C)cc2)c2ccccc21)c1ccccc1. The van der Waals surface area contributed by atoms with E-state index in [9.17, 15) is 8.42 Å². The smallest absolute Gasteiger partial charge is 0.261 e. The number of aryl methyl sites for hydroxylation is 1. The molecule has 0 aliphatic carbocycles. The van der Waals surface area contributed by atoms with E-state index in [1.54, 1.807) is 12.1 Å². The highest BCUT2D eigenvalue weighted by Gasteiger charge is 2.33. The monoisotopic (exact) mass is 387 g/mol. The van der Waals surface area contributed by atoms with Gasteiger partial charge in [0.15, 0.2) is 0 Å². The Hall–Kier alpha value is -3.11. The summed E-state index contributed by atoms with van der Waals surface area (Å²) in [5.74, 6) is 0. The Morgan fingerprint density at radius 2 is 1.57 bits per heavy atom. The number of para-hydroxylation sites is 1. The normalized spacial score (nSPS) is 14.9. The number of allylic oxidation sites excluding steroid dienone is 2. The minimum atomic E-state index is -3.64. The lowest BCUT2D eigenvalue weighted by Crippen LogP contribution is -2.28. The predicted octanol–water partition coefficient (Wildman–Crippen LogP) is 5.30. The molecule has 0 amide bonds. The van der Waals surface area contributed by atoms with Gasteiger partial charge in [-0.25, -0.2) is 8.42 Å². The highest BCUT2D eigenvalue weighted by atomic mass is 32.2. The molecule has 1 aliphatic heterocycles. The van der Waals surface area contributed by atoms with Crippen molar-refractivity contribution in [2.45, 2.75) is 11.8 Å². The zero-order chi connectivity index (χ0) is 19.7. The third-order valence-corrected chi connectivity index (χ3v) is 6.71.